The number of nitrogens with zero attached hydrogens (tertiary/aromatic N) is 1. The van der Waals surface area contributed by atoms with Gasteiger partial charge in [0.1, 0.15) is 17.1 Å². The minimum absolute atomic E-state index is 0.404. The van der Waals surface area contributed by atoms with E-state index in [1.54, 1.807) is 14.2 Å². The third-order valence-corrected chi connectivity index (χ3v) is 3.79. The molecule has 0 aromatic heterocycles. The van der Waals surface area contributed by atoms with Gasteiger partial charge in [-0.25, -0.2) is 4.79 Å². The van der Waals surface area contributed by atoms with Crippen LogP contribution in [-0.2, 0) is 11.2 Å². The fourth-order valence-corrected chi connectivity index (χ4v) is 2.51. The smallest absolute Gasteiger partial charge is 0.407 e. The molecule has 0 unspecified atom stereocenters. The molecule has 164 valence electrons. The van der Waals surface area contributed by atoms with Gasteiger partial charge in [-0.1, -0.05) is 0 Å². The van der Waals surface area contributed by atoms with E-state index in [-0.39, 0.29) is 0 Å². The topological polar surface area (TPSA) is 93.2 Å². The Morgan fingerprint density at radius 3 is 2.45 bits per heavy atom. The molecule has 0 aliphatic heterocycles. The maximum Gasteiger partial charge on any atom is 0.407 e. The fraction of sp³-hybridized carbons (Fsp3) is 0.619. The lowest BCUT2D eigenvalue weighted by molar-refractivity contribution is 0.0527. The molecule has 1 aromatic rings. The molecule has 0 saturated heterocycles. The van der Waals surface area contributed by atoms with Gasteiger partial charge in [0, 0.05) is 26.2 Å². The van der Waals surface area contributed by atoms with Gasteiger partial charge in [-0.15, -0.1) is 0 Å². The van der Waals surface area contributed by atoms with Crippen molar-refractivity contribution in [3.05, 3.63) is 23.8 Å². The first-order valence-corrected chi connectivity index (χ1v) is 9.99. The minimum Gasteiger partial charge on any atom is -0.497 e. The van der Waals surface area contributed by atoms with Gasteiger partial charge in [0.05, 0.1) is 14.2 Å². The molecule has 0 atom stereocenters. The first-order chi connectivity index (χ1) is 13.8. The average molecular weight is 409 g/mol. The van der Waals surface area contributed by atoms with E-state index >= 15 is 0 Å². The molecule has 8 nitrogen and oxygen atoms in total. The number of hydrogen-bond acceptors (Lipinski definition) is 5. The quantitative estimate of drug-likeness (QED) is 0.313. The zero-order valence-corrected chi connectivity index (χ0v) is 18.6. The zero-order valence-electron chi connectivity index (χ0n) is 18.6. The van der Waals surface area contributed by atoms with Gasteiger partial charge in [-0.3, -0.25) is 4.99 Å². The SMILES string of the molecule is CCNC(=NCCCNC(=O)OC(C)(C)C)NCCc1cc(OC)ccc1OC. The summed E-state index contributed by atoms with van der Waals surface area (Å²) < 4.78 is 15.9. The summed E-state index contributed by atoms with van der Waals surface area (Å²) in [6, 6.07) is 5.77. The molecule has 0 heterocycles. The van der Waals surface area contributed by atoms with Crippen LogP contribution < -0.4 is 25.4 Å². The maximum atomic E-state index is 11.6. The monoisotopic (exact) mass is 408 g/mol. The van der Waals surface area contributed by atoms with Gasteiger partial charge < -0.3 is 30.2 Å². The van der Waals surface area contributed by atoms with Crippen molar-refractivity contribution in [2.75, 3.05) is 40.4 Å². The van der Waals surface area contributed by atoms with Crippen molar-refractivity contribution in [1.82, 2.24) is 16.0 Å². The Balaban J connectivity index is 2.44. The number of rotatable bonds is 10. The number of carbonyl (C=O) groups excluding carboxylic acids is 1. The van der Waals surface area contributed by atoms with Crippen LogP contribution in [0.15, 0.2) is 23.2 Å². The van der Waals surface area contributed by atoms with Crippen LogP contribution >= 0.6 is 0 Å². The van der Waals surface area contributed by atoms with Gasteiger partial charge in [-0.2, -0.15) is 0 Å². The molecule has 0 aliphatic rings. The Labute approximate surface area is 174 Å². The van der Waals surface area contributed by atoms with Crippen LogP contribution in [0.25, 0.3) is 0 Å². The summed E-state index contributed by atoms with van der Waals surface area (Å²) in [4.78, 5) is 16.2. The molecule has 0 fully saturated rings. The number of guanidine groups is 1. The Morgan fingerprint density at radius 2 is 1.83 bits per heavy atom. The van der Waals surface area contributed by atoms with E-state index < -0.39 is 11.7 Å². The molecule has 0 bridgehead atoms. The van der Waals surface area contributed by atoms with E-state index in [9.17, 15) is 4.79 Å². The van der Waals surface area contributed by atoms with Crippen molar-refractivity contribution in [1.29, 1.82) is 0 Å². The minimum atomic E-state index is -0.490. The van der Waals surface area contributed by atoms with Crippen LogP contribution in [0.1, 0.15) is 39.7 Å². The number of nitrogens with one attached hydrogen (secondary N) is 3. The average Bonchev–Trinajstić information content (AvgIpc) is 2.66. The molecule has 0 radical (unpaired) electrons. The van der Waals surface area contributed by atoms with Crippen LogP contribution in [-0.4, -0.2) is 58.1 Å². The number of methoxy groups -OCH3 is 2. The molecule has 29 heavy (non-hydrogen) atoms. The van der Waals surface area contributed by atoms with E-state index in [0.29, 0.717) is 19.6 Å². The fourth-order valence-electron chi connectivity index (χ4n) is 2.51. The summed E-state index contributed by atoms with van der Waals surface area (Å²) in [6.07, 6.45) is 1.09. The molecular formula is C21H36N4O4. The summed E-state index contributed by atoms with van der Waals surface area (Å²) in [5, 5.41) is 9.28. The predicted molar refractivity (Wildman–Crippen MR) is 116 cm³/mol. The molecule has 1 amide bonds. The third kappa shape index (κ3) is 10.5. The number of aliphatic imine (C=N–C) groups is 1. The molecule has 8 heteroatoms. The number of ether oxygens (including phenoxy) is 3. The largest absolute Gasteiger partial charge is 0.497 e. The second-order valence-corrected chi connectivity index (χ2v) is 7.40. The molecule has 0 spiro atoms. The highest BCUT2D eigenvalue weighted by Crippen LogP contribution is 2.24. The molecule has 1 rings (SSSR count). The number of benzene rings is 1. The van der Waals surface area contributed by atoms with E-state index in [1.165, 1.54) is 0 Å². The number of carbonyl (C=O) groups is 1. The Hall–Kier alpha value is -2.64. The van der Waals surface area contributed by atoms with E-state index in [2.05, 4.69) is 20.9 Å². The van der Waals surface area contributed by atoms with Crippen LogP contribution in [0.5, 0.6) is 11.5 Å². The molecule has 3 N–H and O–H groups in total. The van der Waals surface area contributed by atoms with Crippen LogP contribution in [0.4, 0.5) is 4.79 Å². The lowest BCUT2D eigenvalue weighted by Gasteiger charge is -2.19. The second-order valence-electron chi connectivity index (χ2n) is 7.40. The summed E-state index contributed by atoms with van der Waals surface area (Å²) in [7, 11) is 3.31. The van der Waals surface area contributed by atoms with Gasteiger partial charge in [0.2, 0.25) is 0 Å². The highest BCUT2D eigenvalue weighted by molar-refractivity contribution is 5.79. The van der Waals surface area contributed by atoms with Crippen molar-refractivity contribution >= 4 is 12.1 Å². The Kier molecular flexibility index (Phi) is 10.7. The Bertz CT molecular complexity index is 657. The summed E-state index contributed by atoms with van der Waals surface area (Å²) >= 11 is 0. The van der Waals surface area contributed by atoms with E-state index in [0.717, 1.165) is 42.4 Å². The van der Waals surface area contributed by atoms with E-state index in [1.807, 2.05) is 45.9 Å². The summed E-state index contributed by atoms with van der Waals surface area (Å²) in [5.74, 6) is 2.38. The predicted octanol–water partition coefficient (Wildman–Crippen LogP) is 2.72. The first kappa shape index (κ1) is 24.4. The molecule has 0 saturated carbocycles. The summed E-state index contributed by atoms with van der Waals surface area (Å²) in [5.41, 5.74) is 0.576. The second kappa shape index (κ2) is 12.7. The number of hydrogen-bond donors (Lipinski definition) is 3. The van der Waals surface area contributed by atoms with Crippen molar-refractivity contribution < 1.29 is 19.0 Å². The number of amides is 1. The number of alkyl carbamates (subject to hydrolysis) is 1. The first-order valence-electron chi connectivity index (χ1n) is 9.99. The van der Waals surface area contributed by atoms with Crippen LogP contribution in [0.2, 0.25) is 0 Å². The summed E-state index contributed by atoms with van der Waals surface area (Å²) in [6.45, 7) is 10.1. The zero-order chi connectivity index (χ0) is 21.7. The Morgan fingerprint density at radius 1 is 1.07 bits per heavy atom. The highest BCUT2D eigenvalue weighted by Gasteiger charge is 2.15. The van der Waals surface area contributed by atoms with Gasteiger partial charge in [0.15, 0.2) is 5.96 Å². The lowest BCUT2D eigenvalue weighted by Crippen LogP contribution is -2.38. The van der Waals surface area contributed by atoms with Crippen LogP contribution in [0, 0.1) is 0 Å². The molecule has 0 aliphatic carbocycles. The van der Waals surface area contributed by atoms with E-state index in [4.69, 9.17) is 14.2 Å². The highest BCUT2D eigenvalue weighted by atomic mass is 16.6. The van der Waals surface area contributed by atoms with Crippen molar-refractivity contribution in [2.45, 2.75) is 46.1 Å². The van der Waals surface area contributed by atoms with Crippen molar-refractivity contribution in [2.24, 2.45) is 4.99 Å². The third-order valence-electron chi connectivity index (χ3n) is 3.79. The normalized spacial score (nSPS) is 11.6. The maximum absolute atomic E-state index is 11.6. The van der Waals surface area contributed by atoms with Gasteiger partial charge in [0.25, 0.3) is 0 Å². The van der Waals surface area contributed by atoms with Crippen molar-refractivity contribution in [3.8, 4) is 11.5 Å². The van der Waals surface area contributed by atoms with Gasteiger partial charge >= 0.3 is 6.09 Å². The lowest BCUT2D eigenvalue weighted by atomic mass is 10.1. The van der Waals surface area contributed by atoms with Crippen molar-refractivity contribution in [3.63, 3.8) is 0 Å². The molecule has 1 aromatic carbocycles. The van der Waals surface area contributed by atoms with Crippen LogP contribution in [0.3, 0.4) is 0 Å². The molecular weight excluding hydrogens is 372 g/mol. The van der Waals surface area contributed by atoms with Gasteiger partial charge in [-0.05, 0) is 64.3 Å². The standard InChI is InChI=1S/C21H36N4O4/c1-7-22-19(23-12-8-13-25-20(26)29-21(2,3)4)24-14-11-16-15-17(27-5)9-10-18(16)28-6/h9-10,15H,7-8,11-14H2,1-6H3,(H,25,26)(H2,22,23,24).